The summed E-state index contributed by atoms with van der Waals surface area (Å²) >= 11 is 3.29. The molecule has 0 unspecified atom stereocenters. The van der Waals surface area contributed by atoms with Crippen LogP contribution in [0.3, 0.4) is 0 Å². The summed E-state index contributed by atoms with van der Waals surface area (Å²) in [6.45, 7) is 4.19. The molecule has 0 radical (unpaired) electrons. The number of halogens is 1. The Kier molecular flexibility index (Phi) is 3.26. The second-order valence-corrected chi connectivity index (χ2v) is 2.51. The van der Waals surface area contributed by atoms with Crippen LogP contribution in [0.25, 0.3) is 0 Å². The maximum Gasteiger partial charge on any atom is 0.0795 e. The third-order valence-electron chi connectivity index (χ3n) is 0.690. The minimum Gasteiger partial charge on any atom is -0.285 e. The van der Waals surface area contributed by atoms with Crippen LogP contribution in [0.5, 0.6) is 0 Å². The van der Waals surface area contributed by atoms with Crippen LogP contribution < -0.4 is 0 Å². The van der Waals surface area contributed by atoms with E-state index in [-0.39, 0.29) is 0 Å². The topological polar surface area (TPSA) is 12.4 Å². The number of aliphatic imine (C=N–C) groups is 1. The molecule has 0 N–H and O–H groups in total. The zero-order chi connectivity index (χ0) is 5.86. The molecule has 0 aromatic carbocycles. The van der Waals surface area contributed by atoms with Crippen molar-refractivity contribution in [2.75, 3.05) is 7.05 Å². The molecule has 0 rings (SSSR count). The van der Waals surface area contributed by atoms with Crippen molar-refractivity contribution in [2.24, 2.45) is 10.9 Å². The van der Waals surface area contributed by atoms with E-state index in [9.17, 15) is 0 Å². The highest BCUT2D eigenvalue weighted by Crippen LogP contribution is 2.01. The van der Waals surface area contributed by atoms with Gasteiger partial charge in [-0.25, -0.2) is 0 Å². The van der Waals surface area contributed by atoms with E-state index in [1.165, 1.54) is 0 Å². The average molecular weight is 164 g/mol. The van der Waals surface area contributed by atoms with Crippen LogP contribution in [0.4, 0.5) is 0 Å². The molecular formula is C5H10BrN. The van der Waals surface area contributed by atoms with Crippen LogP contribution in [-0.2, 0) is 0 Å². The number of hydrogen-bond acceptors (Lipinski definition) is 1. The van der Waals surface area contributed by atoms with Gasteiger partial charge in [0.05, 0.1) is 4.62 Å². The number of hydrogen-bond donors (Lipinski definition) is 0. The van der Waals surface area contributed by atoms with Gasteiger partial charge >= 0.3 is 0 Å². The first kappa shape index (κ1) is 7.15. The van der Waals surface area contributed by atoms with Crippen molar-refractivity contribution in [1.29, 1.82) is 0 Å². The monoisotopic (exact) mass is 163 g/mol. The lowest BCUT2D eigenvalue weighted by molar-refractivity contribution is 0.900. The fourth-order valence-electron chi connectivity index (χ4n) is 0.258. The molecule has 0 amide bonds. The van der Waals surface area contributed by atoms with Gasteiger partial charge in [0.1, 0.15) is 0 Å². The van der Waals surface area contributed by atoms with E-state index in [1.54, 1.807) is 7.05 Å². The predicted octanol–water partition coefficient (Wildman–Crippen LogP) is 2.07. The van der Waals surface area contributed by atoms with Gasteiger partial charge in [-0.05, 0) is 15.9 Å². The Morgan fingerprint density at radius 3 is 2.00 bits per heavy atom. The van der Waals surface area contributed by atoms with Gasteiger partial charge in [-0.1, -0.05) is 13.8 Å². The highest BCUT2D eigenvalue weighted by Gasteiger charge is 1.95. The summed E-state index contributed by atoms with van der Waals surface area (Å²) in [5.41, 5.74) is 0. The van der Waals surface area contributed by atoms with Crippen molar-refractivity contribution < 1.29 is 0 Å². The molecule has 0 bridgehead atoms. The van der Waals surface area contributed by atoms with Crippen molar-refractivity contribution in [1.82, 2.24) is 0 Å². The van der Waals surface area contributed by atoms with Gasteiger partial charge in [0.2, 0.25) is 0 Å². The summed E-state index contributed by atoms with van der Waals surface area (Å²) in [4.78, 5) is 3.92. The van der Waals surface area contributed by atoms with E-state index in [0.717, 1.165) is 4.62 Å². The summed E-state index contributed by atoms with van der Waals surface area (Å²) in [7, 11) is 1.78. The lowest BCUT2D eigenvalue weighted by Crippen LogP contribution is -1.95. The summed E-state index contributed by atoms with van der Waals surface area (Å²) in [5, 5.41) is 0. The van der Waals surface area contributed by atoms with Crippen LogP contribution in [0.2, 0.25) is 0 Å². The van der Waals surface area contributed by atoms with E-state index in [1.807, 2.05) is 0 Å². The maximum absolute atomic E-state index is 3.92. The van der Waals surface area contributed by atoms with Crippen molar-refractivity contribution in [2.45, 2.75) is 13.8 Å². The molecule has 0 spiro atoms. The first-order chi connectivity index (χ1) is 3.18. The molecule has 1 nitrogen and oxygen atoms in total. The minimum absolute atomic E-state index is 0.532. The Morgan fingerprint density at radius 2 is 2.00 bits per heavy atom. The van der Waals surface area contributed by atoms with Crippen LogP contribution in [0, 0.1) is 5.92 Å². The highest BCUT2D eigenvalue weighted by molar-refractivity contribution is 9.18. The average Bonchev–Trinajstić information content (AvgIpc) is 1.65. The van der Waals surface area contributed by atoms with Crippen molar-refractivity contribution in [3.8, 4) is 0 Å². The molecule has 0 heterocycles. The minimum atomic E-state index is 0.532. The summed E-state index contributed by atoms with van der Waals surface area (Å²) < 4.78 is 1.03. The molecule has 7 heavy (non-hydrogen) atoms. The molecule has 0 atom stereocenters. The van der Waals surface area contributed by atoms with Gasteiger partial charge in [0.15, 0.2) is 0 Å². The molecular weight excluding hydrogens is 154 g/mol. The maximum atomic E-state index is 3.92. The zero-order valence-electron chi connectivity index (χ0n) is 4.90. The molecule has 0 aliphatic rings. The van der Waals surface area contributed by atoms with E-state index < -0.39 is 0 Å². The van der Waals surface area contributed by atoms with Crippen molar-refractivity contribution in [3.05, 3.63) is 0 Å². The summed E-state index contributed by atoms with van der Waals surface area (Å²) in [5.74, 6) is 0.532. The molecule has 0 saturated carbocycles. The van der Waals surface area contributed by atoms with Crippen molar-refractivity contribution >= 4 is 20.6 Å². The number of nitrogens with zero attached hydrogens (tertiary/aromatic N) is 1. The van der Waals surface area contributed by atoms with Gasteiger partial charge in [0, 0.05) is 13.0 Å². The second-order valence-electron chi connectivity index (χ2n) is 1.70. The third-order valence-corrected chi connectivity index (χ3v) is 1.96. The fraction of sp³-hybridized carbons (Fsp3) is 0.800. The van der Waals surface area contributed by atoms with Crippen LogP contribution in [0.1, 0.15) is 13.8 Å². The van der Waals surface area contributed by atoms with E-state index in [4.69, 9.17) is 0 Å². The Morgan fingerprint density at radius 1 is 1.57 bits per heavy atom. The molecule has 0 fully saturated rings. The SMILES string of the molecule is CN=C(Br)C(C)C. The molecule has 0 aliphatic heterocycles. The van der Waals surface area contributed by atoms with E-state index in [0.29, 0.717) is 5.92 Å². The van der Waals surface area contributed by atoms with Crippen LogP contribution in [0.15, 0.2) is 4.99 Å². The Labute approximate surface area is 53.0 Å². The van der Waals surface area contributed by atoms with E-state index in [2.05, 4.69) is 34.8 Å². The van der Waals surface area contributed by atoms with Gasteiger partial charge in [-0.2, -0.15) is 0 Å². The molecule has 42 valence electrons. The lowest BCUT2D eigenvalue weighted by atomic mass is 10.2. The summed E-state index contributed by atoms with van der Waals surface area (Å²) in [6.07, 6.45) is 0. The fourth-order valence-corrected chi connectivity index (χ4v) is 0.258. The van der Waals surface area contributed by atoms with E-state index >= 15 is 0 Å². The first-order valence-corrected chi connectivity index (χ1v) is 3.10. The molecule has 0 saturated heterocycles. The Bertz CT molecular complexity index is 76.1. The van der Waals surface area contributed by atoms with Gasteiger partial charge in [-0.15, -0.1) is 0 Å². The highest BCUT2D eigenvalue weighted by atomic mass is 79.9. The quantitative estimate of drug-likeness (QED) is 0.526. The third kappa shape index (κ3) is 2.80. The molecule has 0 aromatic heterocycles. The normalized spacial score (nSPS) is 13.0. The van der Waals surface area contributed by atoms with Gasteiger partial charge in [0.25, 0.3) is 0 Å². The van der Waals surface area contributed by atoms with Gasteiger partial charge in [-0.3, -0.25) is 4.99 Å². The summed E-state index contributed by atoms with van der Waals surface area (Å²) in [6, 6.07) is 0. The predicted molar refractivity (Wildman–Crippen MR) is 37.1 cm³/mol. The Hall–Kier alpha value is 0.150. The first-order valence-electron chi connectivity index (χ1n) is 2.30. The largest absolute Gasteiger partial charge is 0.285 e. The second kappa shape index (κ2) is 3.19. The van der Waals surface area contributed by atoms with Crippen LogP contribution >= 0.6 is 15.9 Å². The van der Waals surface area contributed by atoms with Gasteiger partial charge < -0.3 is 0 Å². The lowest BCUT2D eigenvalue weighted by Gasteiger charge is -1.96. The standard InChI is InChI=1S/C5H10BrN/c1-4(2)5(6)7-3/h4H,1-3H3. The smallest absolute Gasteiger partial charge is 0.0795 e. The Balaban J connectivity index is 3.56. The van der Waals surface area contributed by atoms with Crippen molar-refractivity contribution in [3.63, 3.8) is 0 Å². The zero-order valence-corrected chi connectivity index (χ0v) is 6.49. The number of rotatable bonds is 1. The molecule has 2 heteroatoms. The molecule has 0 aromatic rings. The molecule has 0 aliphatic carbocycles. The van der Waals surface area contributed by atoms with Crippen LogP contribution in [-0.4, -0.2) is 11.7 Å².